The van der Waals surface area contributed by atoms with Crippen LogP contribution in [0.5, 0.6) is 5.75 Å². The molecular formula is C17H27N3O. The van der Waals surface area contributed by atoms with Crippen molar-refractivity contribution in [2.45, 2.75) is 46.1 Å². The van der Waals surface area contributed by atoms with Crippen molar-refractivity contribution in [1.82, 2.24) is 9.55 Å². The Morgan fingerprint density at radius 1 is 1.33 bits per heavy atom. The number of ether oxygens (including phenoxy) is 1. The lowest BCUT2D eigenvalue weighted by Gasteiger charge is -2.18. The van der Waals surface area contributed by atoms with Gasteiger partial charge in [0.15, 0.2) is 0 Å². The van der Waals surface area contributed by atoms with Crippen molar-refractivity contribution in [1.29, 1.82) is 0 Å². The number of rotatable bonds is 7. The summed E-state index contributed by atoms with van der Waals surface area (Å²) < 4.78 is 7.64. The van der Waals surface area contributed by atoms with Gasteiger partial charge in [0.05, 0.1) is 18.1 Å². The molecule has 1 unspecified atom stereocenters. The average molecular weight is 289 g/mol. The minimum Gasteiger partial charge on any atom is -0.497 e. The van der Waals surface area contributed by atoms with Gasteiger partial charge in [-0.25, -0.2) is 4.98 Å². The number of nitrogens with zero attached hydrogens (tertiary/aromatic N) is 2. The second-order valence-electron chi connectivity index (χ2n) is 6.04. The van der Waals surface area contributed by atoms with Gasteiger partial charge >= 0.3 is 0 Å². The first-order valence-electron chi connectivity index (χ1n) is 7.84. The van der Waals surface area contributed by atoms with E-state index in [-0.39, 0.29) is 0 Å². The average Bonchev–Trinajstić information content (AvgIpc) is 2.82. The lowest BCUT2D eigenvalue weighted by molar-refractivity contribution is 0.415. The molecule has 4 nitrogen and oxygen atoms in total. The molecule has 0 bridgehead atoms. The summed E-state index contributed by atoms with van der Waals surface area (Å²) in [6.07, 6.45) is 2.16. The van der Waals surface area contributed by atoms with E-state index in [1.165, 1.54) is 5.52 Å². The summed E-state index contributed by atoms with van der Waals surface area (Å²) in [6, 6.07) is 6.11. The van der Waals surface area contributed by atoms with Crippen molar-refractivity contribution in [3.63, 3.8) is 0 Å². The molecule has 2 aromatic rings. The number of hydrogen-bond acceptors (Lipinski definition) is 3. The zero-order valence-corrected chi connectivity index (χ0v) is 13.6. The first-order valence-corrected chi connectivity index (χ1v) is 7.84. The Balaban J connectivity index is 2.51. The topological polar surface area (TPSA) is 53.1 Å². The van der Waals surface area contributed by atoms with Crippen molar-refractivity contribution in [3.8, 4) is 5.75 Å². The number of benzene rings is 1. The molecule has 0 aliphatic rings. The molecule has 1 aromatic heterocycles. The molecule has 0 fully saturated rings. The van der Waals surface area contributed by atoms with Gasteiger partial charge in [-0.15, -0.1) is 0 Å². The van der Waals surface area contributed by atoms with Crippen molar-refractivity contribution >= 4 is 11.0 Å². The molecule has 2 rings (SSSR count). The molecule has 0 saturated heterocycles. The van der Waals surface area contributed by atoms with Crippen LogP contribution in [-0.4, -0.2) is 23.2 Å². The molecule has 0 aliphatic carbocycles. The van der Waals surface area contributed by atoms with Crippen LogP contribution in [0.1, 0.15) is 45.4 Å². The predicted octanol–water partition coefficient (Wildman–Crippen LogP) is 3.54. The minimum absolute atomic E-state index is 0.315. The van der Waals surface area contributed by atoms with Crippen molar-refractivity contribution in [2.75, 3.05) is 13.7 Å². The van der Waals surface area contributed by atoms with Crippen LogP contribution < -0.4 is 10.5 Å². The number of aromatic nitrogens is 2. The largest absolute Gasteiger partial charge is 0.497 e. The van der Waals surface area contributed by atoms with Crippen LogP contribution in [0.4, 0.5) is 0 Å². The highest BCUT2D eigenvalue weighted by Crippen LogP contribution is 2.28. The van der Waals surface area contributed by atoms with Gasteiger partial charge in [-0.3, -0.25) is 0 Å². The molecule has 1 heterocycles. The Bertz CT molecular complexity index is 589. The second-order valence-corrected chi connectivity index (χ2v) is 6.04. The van der Waals surface area contributed by atoms with Gasteiger partial charge in [0.25, 0.3) is 0 Å². The van der Waals surface area contributed by atoms with Crippen LogP contribution in [-0.2, 0) is 6.54 Å². The third-order valence-corrected chi connectivity index (χ3v) is 3.84. The van der Waals surface area contributed by atoms with Crippen LogP contribution in [0.3, 0.4) is 0 Å². The SMILES string of the molecule is CCCn1c(C(CN)CC(C)C)nc2cc(OC)ccc21. The molecule has 0 aliphatic heterocycles. The fourth-order valence-electron chi connectivity index (χ4n) is 2.90. The van der Waals surface area contributed by atoms with E-state index in [1.807, 2.05) is 12.1 Å². The molecule has 1 aromatic carbocycles. The lowest BCUT2D eigenvalue weighted by Crippen LogP contribution is -2.19. The summed E-state index contributed by atoms with van der Waals surface area (Å²) in [5.41, 5.74) is 8.19. The van der Waals surface area contributed by atoms with Crippen LogP contribution >= 0.6 is 0 Å². The first-order chi connectivity index (χ1) is 10.1. The van der Waals surface area contributed by atoms with Gasteiger partial charge in [0.1, 0.15) is 11.6 Å². The summed E-state index contributed by atoms with van der Waals surface area (Å²) in [5, 5.41) is 0. The van der Waals surface area contributed by atoms with Crippen LogP contribution in [0.25, 0.3) is 11.0 Å². The third-order valence-electron chi connectivity index (χ3n) is 3.84. The van der Waals surface area contributed by atoms with Gasteiger partial charge in [-0.05, 0) is 30.9 Å². The fourth-order valence-corrected chi connectivity index (χ4v) is 2.90. The number of hydrogen-bond donors (Lipinski definition) is 1. The van der Waals surface area contributed by atoms with Gasteiger partial charge in [0, 0.05) is 25.1 Å². The summed E-state index contributed by atoms with van der Waals surface area (Å²) in [6.45, 7) is 8.28. The summed E-state index contributed by atoms with van der Waals surface area (Å²) in [5.74, 6) is 2.90. The Morgan fingerprint density at radius 3 is 2.67 bits per heavy atom. The highest BCUT2D eigenvalue weighted by atomic mass is 16.5. The lowest BCUT2D eigenvalue weighted by atomic mass is 9.96. The van der Waals surface area contributed by atoms with E-state index < -0.39 is 0 Å². The quantitative estimate of drug-likeness (QED) is 0.848. The van der Waals surface area contributed by atoms with E-state index in [0.29, 0.717) is 18.4 Å². The first kappa shape index (κ1) is 15.8. The predicted molar refractivity (Wildman–Crippen MR) is 87.8 cm³/mol. The maximum atomic E-state index is 6.02. The number of aryl methyl sites for hydroxylation is 1. The standard InChI is InChI=1S/C17H27N3O/c1-5-8-20-16-7-6-14(21-4)10-15(16)19-17(20)13(11-18)9-12(2)3/h6-7,10,12-13H,5,8-9,11,18H2,1-4H3. The Morgan fingerprint density at radius 2 is 2.10 bits per heavy atom. The molecule has 1 atom stereocenters. The number of fused-ring (bicyclic) bond motifs is 1. The highest BCUT2D eigenvalue weighted by Gasteiger charge is 2.20. The van der Waals surface area contributed by atoms with E-state index in [2.05, 4.69) is 31.4 Å². The molecule has 0 spiro atoms. The number of nitrogens with two attached hydrogens (primary N) is 1. The van der Waals surface area contributed by atoms with Crippen LogP contribution in [0, 0.1) is 5.92 Å². The van der Waals surface area contributed by atoms with Crippen LogP contribution in [0.2, 0.25) is 0 Å². The van der Waals surface area contributed by atoms with Crippen molar-refractivity contribution < 1.29 is 4.74 Å². The van der Waals surface area contributed by atoms with Crippen molar-refractivity contribution in [2.24, 2.45) is 11.7 Å². The van der Waals surface area contributed by atoms with E-state index in [1.54, 1.807) is 7.11 Å². The minimum atomic E-state index is 0.315. The third kappa shape index (κ3) is 3.38. The van der Waals surface area contributed by atoms with Gasteiger partial charge < -0.3 is 15.0 Å². The highest BCUT2D eigenvalue weighted by molar-refractivity contribution is 5.78. The molecule has 4 heteroatoms. The number of methoxy groups -OCH3 is 1. The fraction of sp³-hybridized carbons (Fsp3) is 0.588. The molecule has 116 valence electrons. The van der Waals surface area contributed by atoms with E-state index >= 15 is 0 Å². The van der Waals surface area contributed by atoms with E-state index in [9.17, 15) is 0 Å². The van der Waals surface area contributed by atoms with Gasteiger partial charge in [-0.2, -0.15) is 0 Å². The van der Waals surface area contributed by atoms with Gasteiger partial charge in [0.2, 0.25) is 0 Å². The molecule has 2 N–H and O–H groups in total. The molecule has 0 radical (unpaired) electrons. The maximum absolute atomic E-state index is 6.02. The van der Waals surface area contributed by atoms with E-state index in [0.717, 1.165) is 36.5 Å². The number of imidazole rings is 1. The molecular weight excluding hydrogens is 262 g/mol. The smallest absolute Gasteiger partial charge is 0.121 e. The Kier molecular flexibility index (Phi) is 5.23. The maximum Gasteiger partial charge on any atom is 0.121 e. The monoisotopic (exact) mass is 289 g/mol. The van der Waals surface area contributed by atoms with Crippen LogP contribution in [0.15, 0.2) is 18.2 Å². The molecule has 21 heavy (non-hydrogen) atoms. The summed E-state index contributed by atoms with van der Waals surface area (Å²) in [4.78, 5) is 4.87. The summed E-state index contributed by atoms with van der Waals surface area (Å²) in [7, 11) is 1.69. The molecule has 0 amide bonds. The molecule has 0 saturated carbocycles. The van der Waals surface area contributed by atoms with Crippen molar-refractivity contribution in [3.05, 3.63) is 24.0 Å². The second kappa shape index (κ2) is 6.94. The Hall–Kier alpha value is -1.55. The van der Waals surface area contributed by atoms with E-state index in [4.69, 9.17) is 15.5 Å². The zero-order chi connectivity index (χ0) is 15.4. The zero-order valence-electron chi connectivity index (χ0n) is 13.6. The normalized spacial score (nSPS) is 13.0. The Labute approximate surface area is 127 Å². The van der Waals surface area contributed by atoms with Gasteiger partial charge in [-0.1, -0.05) is 20.8 Å². The summed E-state index contributed by atoms with van der Waals surface area (Å²) >= 11 is 0.